The number of carbonyl (C=O) groups is 2. The number of carbonyl (C=O) groups excluding carboxylic acids is 2. The van der Waals surface area contributed by atoms with Crippen molar-refractivity contribution in [2.45, 2.75) is 45.3 Å². The summed E-state index contributed by atoms with van der Waals surface area (Å²) >= 11 is 12.2. The van der Waals surface area contributed by atoms with E-state index in [9.17, 15) is 9.59 Å². The van der Waals surface area contributed by atoms with E-state index in [1.807, 2.05) is 29.2 Å². The van der Waals surface area contributed by atoms with Crippen LogP contribution in [0.3, 0.4) is 0 Å². The minimum atomic E-state index is -0.0113. The lowest BCUT2D eigenvalue weighted by molar-refractivity contribution is -0.128. The first-order chi connectivity index (χ1) is 17.9. The molecule has 2 aromatic carbocycles. The molecular formula is C27H29Cl2N5O3. The van der Waals surface area contributed by atoms with Gasteiger partial charge in [0.05, 0.1) is 11.6 Å². The van der Waals surface area contributed by atoms with Gasteiger partial charge in [0, 0.05) is 42.6 Å². The van der Waals surface area contributed by atoms with Crippen molar-refractivity contribution in [3.05, 3.63) is 69.5 Å². The number of benzene rings is 2. The van der Waals surface area contributed by atoms with Gasteiger partial charge >= 0.3 is 0 Å². The van der Waals surface area contributed by atoms with Crippen LogP contribution in [0.15, 0.2) is 47.0 Å². The molecule has 194 valence electrons. The largest absolute Gasteiger partial charge is 0.352 e. The average Bonchev–Trinajstić information content (AvgIpc) is 3.52. The summed E-state index contributed by atoms with van der Waals surface area (Å²) in [6, 6.07) is 13.3. The summed E-state index contributed by atoms with van der Waals surface area (Å²) in [5, 5.41) is 8.15. The molecule has 0 bridgehead atoms. The van der Waals surface area contributed by atoms with Gasteiger partial charge in [0.2, 0.25) is 23.5 Å². The molecule has 0 radical (unpaired) electrons. The molecule has 0 spiro atoms. The van der Waals surface area contributed by atoms with E-state index in [0.717, 1.165) is 50.0 Å². The second kappa shape index (κ2) is 11.6. The van der Waals surface area contributed by atoms with Crippen molar-refractivity contribution in [1.29, 1.82) is 0 Å². The van der Waals surface area contributed by atoms with Crippen LogP contribution in [0.5, 0.6) is 0 Å². The molecule has 2 aliphatic rings. The maximum absolute atomic E-state index is 12.7. The second-order valence-electron chi connectivity index (χ2n) is 9.64. The number of nitrogens with zero attached hydrogens (tertiary/aromatic N) is 4. The Balaban J connectivity index is 1.05. The van der Waals surface area contributed by atoms with Crippen LogP contribution < -0.4 is 5.32 Å². The van der Waals surface area contributed by atoms with Crippen LogP contribution in [0.25, 0.3) is 11.4 Å². The van der Waals surface area contributed by atoms with Gasteiger partial charge in [-0.1, -0.05) is 52.6 Å². The van der Waals surface area contributed by atoms with Gasteiger partial charge in [0.15, 0.2) is 0 Å². The lowest BCUT2D eigenvalue weighted by Crippen LogP contribution is -2.40. The fraction of sp³-hybridized carbons (Fsp3) is 0.407. The zero-order chi connectivity index (χ0) is 25.8. The van der Waals surface area contributed by atoms with Gasteiger partial charge in [-0.3, -0.25) is 14.5 Å². The molecule has 0 saturated carbocycles. The van der Waals surface area contributed by atoms with Crippen LogP contribution in [-0.2, 0) is 29.2 Å². The Labute approximate surface area is 225 Å². The van der Waals surface area contributed by atoms with Crippen LogP contribution in [0.1, 0.15) is 42.7 Å². The van der Waals surface area contributed by atoms with Gasteiger partial charge < -0.3 is 14.7 Å². The Morgan fingerprint density at radius 1 is 1.03 bits per heavy atom. The van der Waals surface area contributed by atoms with Crippen molar-refractivity contribution in [1.82, 2.24) is 25.3 Å². The average molecular weight is 542 g/mol. The van der Waals surface area contributed by atoms with Crippen LogP contribution >= 0.6 is 23.2 Å². The number of nitrogens with one attached hydrogen (secondary N) is 1. The zero-order valence-corrected chi connectivity index (χ0v) is 22.0. The monoisotopic (exact) mass is 541 g/mol. The minimum absolute atomic E-state index is 0.0113. The topological polar surface area (TPSA) is 91.6 Å². The van der Waals surface area contributed by atoms with E-state index < -0.39 is 0 Å². The molecule has 5 rings (SSSR count). The van der Waals surface area contributed by atoms with E-state index in [1.165, 1.54) is 0 Å². The number of rotatable bonds is 8. The molecule has 10 heteroatoms. The Kier molecular flexibility index (Phi) is 8.08. The summed E-state index contributed by atoms with van der Waals surface area (Å²) < 4.78 is 5.43. The Morgan fingerprint density at radius 2 is 1.78 bits per heavy atom. The highest BCUT2D eigenvalue weighted by Gasteiger charge is 2.26. The number of likely N-dealkylation sites (tertiary alicyclic amines) is 2. The van der Waals surface area contributed by atoms with Crippen molar-refractivity contribution in [3.8, 4) is 11.4 Å². The van der Waals surface area contributed by atoms with Crippen molar-refractivity contribution in [2.24, 2.45) is 5.92 Å². The molecule has 0 unspecified atom stereocenters. The molecule has 1 aromatic heterocycles. The van der Waals surface area contributed by atoms with E-state index in [0.29, 0.717) is 53.4 Å². The standard InChI is InChI=1S/C27H29Cl2N5O3/c28-21-7-8-22(23(29)14-21)26-31-24(37-32-26)17-33-12-9-20(10-13-33)27(36)30-15-18-3-5-19(6-4-18)16-34-11-1-2-25(34)35/h3-8,14,20H,1-2,9-13,15-17H2,(H,30,36). The van der Waals surface area contributed by atoms with Crippen molar-refractivity contribution in [2.75, 3.05) is 19.6 Å². The quantitative estimate of drug-likeness (QED) is 0.444. The Hall–Kier alpha value is -2.94. The van der Waals surface area contributed by atoms with Crippen LogP contribution in [0, 0.1) is 5.92 Å². The highest BCUT2D eigenvalue weighted by Crippen LogP contribution is 2.29. The third-order valence-corrected chi connectivity index (χ3v) is 7.54. The van der Waals surface area contributed by atoms with Gasteiger partial charge in [-0.25, -0.2) is 0 Å². The highest BCUT2D eigenvalue weighted by atomic mass is 35.5. The second-order valence-corrected chi connectivity index (χ2v) is 10.5. The maximum Gasteiger partial charge on any atom is 0.241 e. The third-order valence-electron chi connectivity index (χ3n) is 6.99. The molecule has 2 fully saturated rings. The maximum atomic E-state index is 12.7. The van der Waals surface area contributed by atoms with E-state index >= 15 is 0 Å². The fourth-order valence-corrected chi connectivity index (χ4v) is 5.32. The molecule has 8 nitrogen and oxygen atoms in total. The summed E-state index contributed by atoms with van der Waals surface area (Å²) in [5.74, 6) is 1.25. The lowest BCUT2D eigenvalue weighted by atomic mass is 9.96. The molecule has 2 amide bonds. The van der Waals surface area contributed by atoms with Gasteiger partial charge in [-0.05, 0) is 61.7 Å². The van der Waals surface area contributed by atoms with Gasteiger partial charge in [0.25, 0.3) is 0 Å². The van der Waals surface area contributed by atoms with Crippen molar-refractivity contribution < 1.29 is 14.1 Å². The summed E-state index contributed by atoms with van der Waals surface area (Å²) in [6.45, 7) is 4.08. The van der Waals surface area contributed by atoms with E-state index in [2.05, 4.69) is 20.4 Å². The lowest BCUT2D eigenvalue weighted by Gasteiger charge is -2.30. The molecule has 0 aliphatic carbocycles. The predicted molar refractivity (Wildman–Crippen MR) is 141 cm³/mol. The van der Waals surface area contributed by atoms with Gasteiger partial charge in [0.1, 0.15) is 0 Å². The highest BCUT2D eigenvalue weighted by molar-refractivity contribution is 6.36. The fourth-order valence-electron chi connectivity index (χ4n) is 4.83. The van der Waals surface area contributed by atoms with Crippen LogP contribution in [0.4, 0.5) is 0 Å². The number of hydrogen-bond acceptors (Lipinski definition) is 6. The van der Waals surface area contributed by atoms with E-state index in [-0.39, 0.29) is 17.7 Å². The number of hydrogen-bond donors (Lipinski definition) is 1. The first kappa shape index (κ1) is 25.7. The molecule has 3 heterocycles. The smallest absolute Gasteiger partial charge is 0.241 e. The SMILES string of the molecule is O=C(NCc1ccc(CN2CCCC2=O)cc1)C1CCN(Cc2nc(-c3ccc(Cl)cc3Cl)no2)CC1. The van der Waals surface area contributed by atoms with E-state index in [4.69, 9.17) is 27.7 Å². The summed E-state index contributed by atoms with van der Waals surface area (Å²) in [5.41, 5.74) is 2.84. The summed E-state index contributed by atoms with van der Waals surface area (Å²) in [4.78, 5) is 33.2. The van der Waals surface area contributed by atoms with Gasteiger partial charge in [-0.15, -0.1) is 0 Å². The van der Waals surface area contributed by atoms with Crippen molar-refractivity contribution in [3.63, 3.8) is 0 Å². The molecular weight excluding hydrogens is 513 g/mol. The zero-order valence-electron chi connectivity index (χ0n) is 20.5. The molecule has 2 aliphatic heterocycles. The number of aromatic nitrogens is 2. The first-order valence-corrected chi connectivity index (χ1v) is 13.3. The summed E-state index contributed by atoms with van der Waals surface area (Å²) in [7, 11) is 0. The molecule has 3 aromatic rings. The number of halogens is 2. The number of piperidine rings is 1. The number of amides is 2. The first-order valence-electron chi connectivity index (χ1n) is 12.6. The Bertz CT molecular complexity index is 1260. The molecule has 1 N–H and O–H groups in total. The predicted octanol–water partition coefficient (Wildman–Crippen LogP) is 4.69. The molecule has 2 saturated heterocycles. The van der Waals surface area contributed by atoms with E-state index in [1.54, 1.807) is 18.2 Å². The van der Waals surface area contributed by atoms with Crippen LogP contribution in [0.2, 0.25) is 10.0 Å². The third kappa shape index (κ3) is 6.50. The minimum Gasteiger partial charge on any atom is -0.352 e. The molecule has 0 atom stereocenters. The van der Waals surface area contributed by atoms with Crippen LogP contribution in [-0.4, -0.2) is 51.4 Å². The van der Waals surface area contributed by atoms with Crippen molar-refractivity contribution >= 4 is 35.0 Å². The molecule has 37 heavy (non-hydrogen) atoms. The normalized spacial score (nSPS) is 16.9. The van der Waals surface area contributed by atoms with Gasteiger partial charge in [-0.2, -0.15) is 4.98 Å². The Morgan fingerprint density at radius 3 is 2.49 bits per heavy atom. The summed E-state index contributed by atoms with van der Waals surface area (Å²) in [6.07, 6.45) is 3.15.